The minimum absolute atomic E-state index is 0.570. The number of nitrogens with one attached hydrogen (secondary N) is 1. The number of hydrogen-bond acceptors (Lipinski definition) is 3. The van der Waals surface area contributed by atoms with Crippen LogP contribution >= 0.6 is 11.8 Å². The normalized spacial score (nSPS) is 34.2. The van der Waals surface area contributed by atoms with Crippen LogP contribution in [0.15, 0.2) is 4.99 Å². The molecule has 2 saturated carbocycles. The maximum Gasteiger partial charge on any atom is 0.156 e. The van der Waals surface area contributed by atoms with Crippen molar-refractivity contribution >= 4 is 16.9 Å². The van der Waals surface area contributed by atoms with Crippen LogP contribution < -0.4 is 5.32 Å². The molecule has 1 heterocycles. The molecule has 0 aromatic carbocycles. The fourth-order valence-electron chi connectivity index (χ4n) is 3.52. The molecular formula is C15H26N2S. The highest BCUT2D eigenvalue weighted by Crippen LogP contribution is 2.42. The Morgan fingerprint density at radius 1 is 1.33 bits per heavy atom. The number of thioether (sulfide) groups is 1. The smallest absolute Gasteiger partial charge is 0.156 e. The van der Waals surface area contributed by atoms with Crippen molar-refractivity contribution in [1.29, 1.82) is 0 Å². The van der Waals surface area contributed by atoms with Crippen LogP contribution in [-0.2, 0) is 0 Å². The van der Waals surface area contributed by atoms with Crippen LogP contribution in [-0.4, -0.2) is 23.5 Å². The molecule has 1 spiro atoms. The van der Waals surface area contributed by atoms with E-state index in [-0.39, 0.29) is 0 Å². The third kappa shape index (κ3) is 2.87. The average molecular weight is 266 g/mol. The number of hydrogen-bond donors (Lipinski definition) is 1. The molecule has 2 unspecified atom stereocenters. The van der Waals surface area contributed by atoms with E-state index in [4.69, 9.17) is 4.99 Å². The van der Waals surface area contributed by atoms with Crippen LogP contribution in [0.1, 0.15) is 58.3 Å². The largest absolute Gasteiger partial charge is 0.362 e. The summed E-state index contributed by atoms with van der Waals surface area (Å²) in [5.41, 5.74) is 0.570. The average Bonchev–Trinajstić information content (AvgIpc) is 3.12. The minimum Gasteiger partial charge on any atom is -0.362 e. The Morgan fingerprint density at radius 2 is 2.17 bits per heavy atom. The predicted molar refractivity (Wildman–Crippen MR) is 80.2 cm³/mol. The third-order valence-corrected chi connectivity index (χ3v) is 6.16. The summed E-state index contributed by atoms with van der Waals surface area (Å²) in [5.74, 6) is 2.24. The Bertz CT molecular complexity index is 320. The number of aliphatic imine (C=N–C) groups is 1. The van der Waals surface area contributed by atoms with Gasteiger partial charge in [0, 0.05) is 18.3 Å². The van der Waals surface area contributed by atoms with Crippen LogP contribution in [0.5, 0.6) is 0 Å². The van der Waals surface area contributed by atoms with Crippen molar-refractivity contribution in [2.45, 2.75) is 64.3 Å². The molecule has 0 amide bonds. The van der Waals surface area contributed by atoms with Crippen molar-refractivity contribution < 1.29 is 0 Å². The van der Waals surface area contributed by atoms with E-state index < -0.39 is 0 Å². The minimum atomic E-state index is 0.570. The van der Waals surface area contributed by atoms with Crippen LogP contribution in [0.2, 0.25) is 0 Å². The molecule has 1 aliphatic heterocycles. The summed E-state index contributed by atoms with van der Waals surface area (Å²) in [5, 5.41) is 4.91. The molecule has 0 aromatic heterocycles. The van der Waals surface area contributed by atoms with Crippen molar-refractivity contribution in [1.82, 2.24) is 5.32 Å². The molecule has 18 heavy (non-hydrogen) atoms. The Hall–Kier alpha value is -0.180. The molecule has 0 aromatic rings. The summed E-state index contributed by atoms with van der Waals surface area (Å²) in [4.78, 5) is 4.85. The maximum atomic E-state index is 4.85. The first-order chi connectivity index (χ1) is 8.81. The van der Waals surface area contributed by atoms with Gasteiger partial charge in [0.2, 0.25) is 0 Å². The fourth-order valence-corrected chi connectivity index (χ4v) is 4.73. The van der Waals surface area contributed by atoms with Gasteiger partial charge in [-0.15, -0.1) is 0 Å². The first-order valence-electron chi connectivity index (χ1n) is 7.75. The molecule has 0 bridgehead atoms. The van der Waals surface area contributed by atoms with Crippen LogP contribution in [0.25, 0.3) is 0 Å². The highest BCUT2D eigenvalue weighted by atomic mass is 32.2. The molecule has 2 atom stereocenters. The third-order valence-electron chi connectivity index (χ3n) is 4.88. The number of rotatable bonds is 3. The van der Waals surface area contributed by atoms with Gasteiger partial charge in [0.05, 0.1) is 0 Å². The predicted octanol–water partition coefficient (Wildman–Crippen LogP) is 3.82. The summed E-state index contributed by atoms with van der Waals surface area (Å²) < 4.78 is 0. The molecule has 3 heteroatoms. The quantitative estimate of drug-likeness (QED) is 0.840. The monoisotopic (exact) mass is 266 g/mol. The van der Waals surface area contributed by atoms with E-state index in [1.165, 1.54) is 62.3 Å². The van der Waals surface area contributed by atoms with Gasteiger partial charge in [0.1, 0.15) is 0 Å². The van der Waals surface area contributed by atoms with E-state index in [9.17, 15) is 0 Å². The van der Waals surface area contributed by atoms with Crippen molar-refractivity contribution in [2.24, 2.45) is 16.3 Å². The van der Waals surface area contributed by atoms with Crippen LogP contribution in [0.3, 0.4) is 0 Å². The molecule has 102 valence electrons. The first-order valence-corrected chi connectivity index (χ1v) is 8.74. The Labute approximate surface area is 115 Å². The van der Waals surface area contributed by atoms with E-state index >= 15 is 0 Å². The zero-order chi connectivity index (χ0) is 12.4. The molecule has 0 saturated heterocycles. The second-order valence-electron chi connectivity index (χ2n) is 6.51. The van der Waals surface area contributed by atoms with E-state index in [2.05, 4.69) is 12.2 Å². The molecule has 3 rings (SSSR count). The van der Waals surface area contributed by atoms with E-state index in [0.717, 1.165) is 18.5 Å². The van der Waals surface area contributed by atoms with Gasteiger partial charge < -0.3 is 5.32 Å². The summed E-state index contributed by atoms with van der Waals surface area (Å²) in [6.45, 7) is 3.38. The molecule has 2 nitrogen and oxygen atoms in total. The maximum absolute atomic E-state index is 4.85. The lowest BCUT2D eigenvalue weighted by atomic mass is 9.75. The lowest BCUT2D eigenvalue weighted by molar-refractivity contribution is 0.232. The highest BCUT2D eigenvalue weighted by Gasteiger charge is 2.39. The first kappa shape index (κ1) is 12.8. The number of nitrogens with zero attached hydrogens (tertiary/aromatic N) is 1. The van der Waals surface area contributed by atoms with Crippen molar-refractivity contribution in [3.63, 3.8) is 0 Å². The van der Waals surface area contributed by atoms with Crippen LogP contribution in [0.4, 0.5) is 0 Å². The van der Waals surface area contributed by atoms with Gasteiger partial charge in [0.15, 0.2) is 5.17 Å². The van der Waals surface area contributed by atoms with Gasteiger partial charge in [-0.2, -0.15) is 0 Å². The second kappa shape index (κ2) is 5.44. The summed E-state index contributed by atoms with van der Waals surface area (Å²) in [7, 11) is 0. The van der Waals surface area contributed by atoms with Crippen molar-refractivity contribution in [3.8, 4) is 0 Å². The van der Waals surface area contributed by atoms with Gasteiger partial charge in [-0.05, 0) is 37.0 Å². The molecular weight excluding hydrogens is 240 g/mol. The van der Waals surface area contributed by atoms with Gasteiger partial charge in [-0.3, -0.25) is 4.99 Å². The van der Waals surface area contributed by atoms with Crippen molar-refractivity contribution in [3.05, 3.63) is 0 Å². The van der Waals surface area contributed by atoms with Gasteiger partial charge >= 0.3 is 0 Å². The molecule has 2 fully saturated rings. The van der Waals surface area contributed by atoms with Crippen molar-refractivity contribution in [2.75, 3.05) is 12.3 Å². The lowest BCUT2D eigenvalue weighted by Crippen LogP contribution is -2.37. The topological polar surface area (TPSA) is 24.4 Å². The molecule has 2 aliphatic carbocycles. The molecule has 0 radical (unpaired) electrons. The van der Waals surface area contributed by atoms with Gasteiger partial charge in [0.25, 0.3) is 0 Å². The second-order valence-corrected chi connectivity index (χ2v) is 7.47. The SMILES string of the molecule is CCCC1CC1NC1=NCC2(CCCCC2)CS1. The summed E-state index contributed by atoms with van der Waals surface area (Å²) >= 11 is 2.00. The zero-order valence-corrected chi connectivity index (χ0v) is 12.4. The van der Waals surface area contributed by atoms with Crippen LogP contribution in [0, 0.1) is 11.3 Å². The fraction of sp³-hybridized carbons (Fsp3) is 0.933. The lowest BCUT2D eigenvalue weighted by Gasteiger charge is -2.38. The molecule has 3 aliphatic rings. The van der Waals surface area contributed by atoms with Gasteiger partial charge in [-0.1, -0.05) is 44.4 Å². The summed E-state index contributed by atoms with van der Waals surface area (Å²) in [6, 6.07) is 0.747. The molecule has 1 N–H and O–H groups in total. The standard InChI is InChI=1S/C15H26N2S/c1-2-6-12-9-13(12)17-14-16-10-15(11-18-14)7-4-3-5-8-15/h12-13H,2-11H2,1H3,(H,16,17). The Balaban J connectivity index is 1.48. The van der Waals surface area contributed by atoms with E-state index in [0.29, 0.717) is 5.41 Å². The Morgan fingerprint density at radius 3 is 2.83 bits per heavy atom. The van der Waals surface area contributed by atoms with E-state index in [1.54, 1.807) is 0 Å². The highest BCUT2D eigenvalue weighted by molar-refractivity contribution is 8.13. The number of amidine groups is 1. The summed E-state index contributed by atoms with van der Waals surface area (Å²) in [6.07, 6.45) is 11.2. The van der Waals surface area contributed by atoms with E-state index in [1.807, 2.05) is 11.8 Å². The zero-order valence-electron chi connectivity index (χ0n) is 11.6. The van der Waals surface area contributed by atoms with Gasteiger partial charge in [-0.25, -0.2) is 0 Å². The Kier molecular flexibility index (Phi) is 3.88.